The zero-order chi connectivity index (χ0) is 8.62. The molecule has 0 saturated carbocycles. The smallest absolute Gasteiger partial charge is 0.343 e. The number of rotatable bonds is 2. The first kappa shape index (κ1) is 17.7. The first-order valence-electron chi connectivity index (χ1n) is 4.06. The van der Waals surface area contributed by atoms with Gasteiger partial charge in [-0.15, -0.1) is 0 Å². The van der Waals surface area contributed by atoms with E-state index < -0.39 is 0 Å². The van der Waals surface area contributed by atoms with Crippen LogP contribution >= 0.6 is 0 Å². The first-order chi connectivity index (χ1) is 4.41. The van der Waals surface area contributed by atoms with Crippen LogP contribution in [0.3, 0.4) is 0 Å². The zero-order valence-electron chi connectivity index (χ0n) is 8.74. The van der Waals surface area contributed by atoms with Crippen molar-refractivity contribution in [3.05, 3.63) is 13.8 Å². The van der Waals surface area contributed by atoms with Gasteiger partial charge in [0.2, 0.25) is 0 Å². The number of unbranched alkanes of at least 4 members (excludes halogenated alkanes) is 2. The normalized spacial score (nSPS) is 9.27. The van der Waals surface area contributed by atoms with Crippen LogP contribution < -0.4 is 0 Å². The van der Waals surface area contributed by atoms with Gasteiger partial charge in [-0.05, 0) is 0 Å². The largest absolute Gasteiger partial charge is 2.00 e. The summed E-state index contributed by atoms with van der Waals surface area (Å²) in [5.74, 6) is 0. The van der Waals surface area contributed by atoms with Crippen molar-refractivity contribution in [2.75, 3.05) is 0 Å². The Bertz CT molecular complexity index is 44.4. The van der Waals surface area contributed by atoms with Gasteiger partial charge in [0.05, 0.1) is 0 Å². The molecule has 11 heavy (non-hydrogen) atoms. The van der Waals surface area contributed by atoms with Gasteiger partial charge in [-0.1, -0.05) is 40.5 Å². The summed E-state index contributed by atoms with van der Waals surface area (Å²) in [6.45, 7) is 15.8. The Kier molecular flexibility index (Phi) is 17.4. The molecule has 0 heterocycles. The summed E-state index contributed by atoms with van der Waals surface area (Å²) in [4.78, 5) is 0. The maximum atomic E-state index is 3.77. The molecule has 0 saturated heterocycles. The molecule has 0 aromatic heterocycles. The Morgan fingerprint density at radius 1 is 1.18 bits per heavy atom. The van der Waals surface area contributed by atoms with Gasteiger partial charge in [-0.2, -0.15) is 11.8 Å². The predicted molar refractivity (Wildman–Crippen MR) is 55.4 cm³/mol. The fraction of sp³-hybridized carbons (Fsp3) is 0.800. The van der Waals surface area contributed by atoms with Crippen LogP contribution in [0.2, 0.25) is 0 Å². The Morgan fingerprint density at radius 2 is 1.45 bits per heavy atom. The minimum Gasteiger partial charge on any atom is -0.343 e. The van der Waals surface area contributed by atoms with Crippen LogP contribution in [0.15, 0.2) is 0 Å². The average molecular weight is 167 g/mol. The van der Waals surface area contributed by atoms with Gasteiger partial charge in [0.1, 0.15) is 0 Å². The molecule has 0 aliphatic rings. The van der Waals surface area contributed by atoms with E-state index in [4.69, 9.17) is 0 Å². The van der Waals surface area contributed by atoms with E-state index in [9.17, 15) is 0 Å². The van der Waals surface area contributed by atoms with Crippen molar-refractivity contribution in [3.8, 4) is 0 Å². The van der Waals surface area contributed by atoms with Crippen molar-refractivity contribution in [1.82, 2.24) is 0 Å². The third-order valence-electron chi connectivity index (χ3n) is 0.604. The van der Waals surface area contributed by atoms with Crippen LogP contribution in [-0.4, -0.2) is 23.1 Å². The minimum absolute atomic E-state index is 0. The molecule has 0 fully saturated rings. The summed E-state index contributed by atoms with van der Waals surface area (Å²) < 4.78 is 0. The quantitative estimate of drug-likeness (QED) is 0.435. The van der Waals surface area contributed by atoms with Crippen molar-refractivity contribution in [2.24, 2.45) is 5.41 Å². The number of hydrogen-bond acceptors (Lipinski definition) is 0. The second-order valence-electron chi connectivity index (χ2n) is 3.77. The van der Waals surface area contributed by atoms with E-state index in [-0.39, 0.29) is 28.5 Å². The van der Waals surface area contributed by atoms with E-state index in [0.29, 0.717) is 0 Å². The monoisotopic (exact) mass is 166 g/mol. The maximum Gasteiger partial charge on any atom is 2.00 e. The topological polar surface area (TPSA) is 0 Å². The molecule has 0 aliphatic heterocycles. The van der Waals surface area contributed by atoms with Crippen molar-refractivity contribution < 1.29 is 0 Å². The van der Waals surface area contributed by atoms with Gasteiger partial charge >= 0.3 is 23.1 Å². The first-order valence-corrected chi connectivity index (χ1v) is 4.06. The van der Waals surface area contributed by atoms with Gasteiger partial charge in [-0.25, -0.2) is 0 Å². The molecule has 1 heteroatoms. The molecule has 0 spiro atoms. The zero-order valence-corrected chi connectivity index (χ0v) is 10.2. The van der Waals surface area contributed by atoms with Gasteiger partial charge < -0.3 is 13.8 Å². The summed E-state index contributed by atoms with van der Waals surface area (Å²) in [6, 6.07) is 0. The van der Waals surface area contributed by atoms with Crippen LogP contribution in [0.4, 0.5) is 0 Å². The van der Waals surface area contributed by atoms with Gasteiger partial charge in [0, 0.05) is 0 Å². The van der Waals surface area contributed by atoms with E-state index in [0.717, 1.165) is 6.42 Å². The van der Waals surface area contributed by atoms with Gasteiger partial charge in [-0.3, -0.25) is 0 Å². The SMILES string of the molecule is [CH2-]C(C)(C)C.[CH2-]CCCC.[Mg+2]. The second-order valence-corrected chi connectivity index (χ2v) is 3.77. The van der Waals surface area contributed by atoms with Crippen molar-refractivity contribution in [1.29, 1.82) is 0 Å². The summed E-state index contributed by atoms with van der Waals surface area (Å²) in [5.41, 5.74) is 0.250. The average Bonchev–Trinajstić information content (AvgIpc) is 1.63. The molecule has 0 radical (unpaired) electrons. The van der Waals surface area contributed by atoms with E-state index in [1.807, 2.05) is 0 Å². The molecule has 64 valence electrons. The third kappa shape index (κ3) is 108. The Morgan fingerprint density at radius 3 is 1.45 bits per heavy atom. The van der Waals surface area contributed by atoms with Crippen LogP contribution in [0.1, 0.15) is 47.0 Å². The van der Waals surface area contributed by atoms with Crippen molar-refractivity contribution >= 4 is 23.1 Å². The molecule has 0 aliphatic carbocycles. The van der Waals surface area contributed by atoms with Crippen LogP contribution in [0, 0.1) is 19.3 Å². The predicted octanol–water partition coefficient (Wildman–Crippen LogP) is 3.50. The molecule has 0 amide bonds. The fourth-order valence-electron chi connectivity index (χ4n) is 0.250. The summed E-state index contributed by atoms with van der Waals surface area (Å²) in [5, 5.41) is 0. The Labute approximate surface area is 89.3 Å². The molecular weight excluding hydrogens is 144 g/mol. The molecule has 0 aromatic carbocycles. The van der Waals surface area contributed by atoms with Crippen molar-refractivity contribution in [2.45, 2.75) is 47.0 Å². The Balaban J connectivity index is -0.000000107. The molecule has 0 N–H and O–H groups in total. The van der Waals surface area contributed by atoms with E-state index in [2.05, 4.69) is 41.5 Å². The molecule has 0 unspecified atom stereocenters. The van der Waals surface area contributed by atoms with Crippen LogP contribution in [0.5, 0.6) is 0 Å². The molecule has 0 bridgehead atoms. The van der Waals surface area contributed by atoms with Crippen LogP contribution in [0.25, 0.3) is 0 Å². The van der Waals surface area contributed by atoms with E-state index >= 15 is 0 Å². The molecule has 0 nitrogen and oxygen atoms in total. The van der Waals surface area contributed by atoms with Crippen molar-refractivity contribution in [3.63, 3.8) is 0 Å². The second kappa shape index (κ2) is 10.8. The summed E-state index contributed by atoms with van der Waals surface area (Å²) >= 11 is 0. The molecule has 0 atom stereocenters. The molecule has 0 aromatic rings. The standard InChI is InChI=1S/2C5H11.Mg/c1-5(2,3)4;1-3-5-4-2;/h1H2,2-4H3;1,3-5H2,2H3;/q2*-1;+2. The molecular formula is C10H22Mg. The molecule has 0 rings (SSSR count). The van der Waals surface area contributed by atoms with E-state index in [1.165, 1.54) is 12.8 Å². The maximum absolute atomic E-state index is 3.77. The summed E-state index contributed by atoms with van der Waals surface area (Å²) in [7, 11) is 0. The van der Waals surface area contributed by atoms with E-state index in [1.54, 1.807) is 0 Å². The summed E-state index contributed by atoms with van der Waals surface area (Å²) in [6.07, 6.45) is 3.65. The Hall–Kier alpha value is 0.766. The van der Waals surface area contributed by atoms with Gasteiger partial charge in [0.15, 0.2) is 0 Å². The van der Waals surface area contributed by atoms with Crippen LogP contribution in [-0.2, 0) is 0 Å². The number of hydrogen-bond donors (Lipinski definition) is 0. The third-order valence-corrected chi connectivity index (χ3v) is 0.604. The fourth-order valence-corrected chi connectivity index (χ4v) is 0.250. The minimum atomic E-state index is 0. The van der Waals surface area contributed by atoms with Gasteiger partial charge in [0.25, 0.3) is 0 Å².